The second kappa shape index (κ2) is 5.28. The first-order valence-electron chi connectivity index (χ1n) is 5.22. The SMILES string of the molecule is Nc1cc(NS(=O)(=O)c2ccccc2Cl)ccc1Cl. The fourth-order valence-electron chi connectivity index (χ4n) is 1.48. The van der Waals surface area contributed by atoms with Gasteiger partial charge < -0.3 is 5.73 Å². The van der Waals surface area contributed by atoms with E-state index in [0.29, 0.717) is 16.4 Å². The molecular weight excluding hydrogens is 307 g/mol. The van der Waals surface area contributed by atoms with Crippen LogP contribution in [0.2, 0.25) is 10.0 Å². The van der Waals surface area contributed by atoms with Gasteiger partial charge >= 0.3 is 0 Å². The Balaban J connectivity index is 2.37. The van der Waals surface area contributed by atoms with Crippen LogP contribution in [0.5, 0.6) is 0 Å². The first kappa shape index (κ1) is 14.0. The number of anilines is 2. The van der Waals surface area contributed by atoms with Crippen LogP contribution in [0.3, 0.4) is 0 Å². The van der Waals surface area contributed by atoms with Crippen molar-refractivity contribution in [3.05, 3.63) is 52.5 Å². The Labute approximate surface area is 121 Å². The molecule has 0 amide bonds. The fourth-order valence-corrected chi connectivity index (χ4v) is 3.17. The lowest BCUT2D eigenvalue weighted by atomic mass is 10.3. The smallest absolute Gasteiger partial charge is 0.263 e. The second-order valence-corrected chi connectivity index (χ2v) is 6.24. The van der Waals surface area contributed by atoms with Gasteiger partial charge in [-0.05, 0) is 30.3 Å². The van der Waals surface area contributed by atoms with Crippen molar-refractivity contribution in [1.29, 1.82) is 0 Å². The summed E-state index contributed by atoms with van der Waals surface area (Å²) in [7, 11) is -3.75. The number of nitrogens with one attached hydrogen (secondary N) is 1. The van der Waals surface area contributed by atoms with Gasteiger partial charge in [0.2, 0.25) is 0 Å². The monoisotopic (exact) mass is 316 g/mol. The normalized spacial score (nSPS) is 11.3. The Morgan fingerprint density at radius 3 is 2.32 bits per heavy atom. The summed E-state index contributed by atoms with van der Waals surface area (Å²) in [6.07, 6.45) is 0. The van der Waals surface area contributed by atoms with Gasteiger partial charge in [0.15, 0.2) is 0 Å². The molecule has 0 radical (unpaired) electrons. The van der Waals surface area contributed by atoms with Crippen LogP contribution < -0.4 is 10.5 Å². The van der Waals surface area contributed by atoms with Crippen LogP contribution in [0, 0.1) is 0 Å². The van der Waals surface area contributed by atoms with Crippen LogP contribution in [0.1, 0.15) is 0 Å². The number of hydrogen-bond donors (Lipinski definition) is 2. The van der Waals surface area contributed by atoms with E-state index in [4.69, 9.17) is 28.9 Å². The summed E-state index contributed by atoms with van der Waals surface area (Å²) in [4.78, 5) is 0.00480. The van der Waals surface area contributed by atoms with E-state index in [-0.39, 0.29) is 9.92 Å². The molecule has 0 atom stereocenters. The molecule has 0 saturated carbocycles. The molecule has 0 fully saturated rings. The lowest BCUT2D eigenvalue weighted by Crippen LogP contribution is -2.13. The summed E-state index contributed by atoms with van der Waals surface area (Å²) in [5.74, 6) is 0. The van der Waals surface area contributed by atoms with Crippen LogP contribution in [0.25, 0.3) is 0 Å². The molecule has 2 aromatic rings. The minimum Gasteiger partial charge on any atom is -0.397 e. The largest absolute Gasteiger partial charge is 0.397 e. The molecule has 0 saturated heterocycles. The summed E-state index contributed by atoms with van der Waals surface area (Å²) in [6, 6.07) is 10.7. The standard InChI is InChI=1S/C12H10Cl2N2O2S/c13-9-6-5-8(7-11(9)15)16-19(17,18)12-4-2-1-3-10(12)14/h1-7,16H,15H2. The van der Waals surface area contributed by atoms with Gasteiger partial charge in [0, 0.05) is 0 Å². The number of nitrogen functional groups attached to an aromatic ring is 1. The van der Waals surface area contributed by atoms with E-state index in [9.17, 15) is 8.42 Å². The summed E-state index contributed by atoms with van der Waals surface area (Å²) in [5, 5.41) is 0.512. The van der Waals surface area contributed by atoms with Gasteiger partial charge in [-0.3, -0.25) is 4.72 Å². The highest BCUT2D eigenvalue weighted by Gasteiger charge is 2.17. The van der Waals surface area contributed by atoms with Crippen LogP contribution in [0.4, 0.5) is 11.4 Å². The summed E-state index contributed by atoms with van der Waals surface area (Å²) in [5.41, 5.74) is 6.23. The lowest BCUT2D eigenvalue weighted by Gasteiger charge is -2.10. The molecule has 2 rings (SSSR count). The zero-order valence-corrected chi connectivity index (χ0v) is 11.9. The lowest BCUT2D eigenvalue weighted by molar-refractivity contribution is 0.601. The predicted molar refractivity (Wildman–Crippen MR) is 78.1 cm³/mol. The maximum Gasteiger partial charge on any atom is 0.263 e. The molecule has 19 heavy (non-hydrogen) atoms. The van der Waals surface area contributed by atoms with Crippen molar-refractivity contribution in [2.75, 3.05) is 10.5 Å². The highest BCUT2D eigenvalue weighted by molar-refractivity contribution is 7.92. The van der Waals surface area contributed by atoms with Gasteiger partial charge in [0.1, 0.15) is 4.90 Å². The van der Waals surface area contributed by atoms with Crippen molar-refractivity contribution in [3.8, 4) is 0 Å². The van der Waals surface area contributed by atoms with Gasteiger partial charge in [-0.2, -0.15) is 0 Å². The van der Waals surface area contributed by atoms with Gasteiger partial charge in [0.05, 0.1) is 21.4 Å². The van der Waals surface area contributed by atoms with Crippen LogP contribution in [-0.2, 0) is 10.0 Å². The Bertz CT molecular complexity index is 717. The van der Waals surface area contributed by atoms with E-state index in [0.717, 1.165) is 0 Å². The Hall–Kier alpha value is -1.43. The van der Waals surface area contributed by atoms with Gasteiger partial charge in [0.25, 0.3) is 10.0 Å². The predicted octanol–water partition coefficient (Wildman–Crippen LogP) is 3.38. The Morgan fingerprint density at radius 1 is 1.00 bits per heavy atom. The Morgan fingerprint density at radius 2 is 1.68 bits per heavy atom. The molecule has 0 spiro atoms. The van der Waals surface area contributed by atoms with Gasteiger partial charge in [-0.1, -0.05) is 35.3 Å². The van der Waals surface area contributed by atoms with E-state index in [1.54, 1.807) is 12.1 Å². The third-order valence-corrected chi connectivity index (χ3v) is 4.60. The molecule has 0 heterocycles. The molecule has 7 heteroatoms. The van der Waals surface area contributed by atoms with E-state index >= 15 is 0 Å². The van der Waals surface area contributed by atoms with Crippen molar-refractivity contribution in [1.82, 2.24) is 0 Å². The topological polar surface area (TPSA) is 72.2 Å². The van der Waals surface area contributed by atoms with Crippen molar-refractivity contribution in [3.63, 3.8) is 0 Å². The van der Waals surface area contributed by atoms with E-state index in [1.165, 1.54) is 30.3 Å². The molecule has 0 aromatic heterocycles. The highest BCUT2D eigenvalue weighted by Crippen LogP contribution is 2.26. The van der Waals surface area contributed by atoms with E-state index < -0.39 is 10.0 Å². The van der Waals surface area contributed by atoms with E-state index in [2.05, 4.69) is 4.72 Å². The fraction of sp³-hybridized carbons (Fsp3) is 0. The van der Waals surface area contributed by atoms with Crippen LogP contribution >= 0.6 is 23.2 Å². The molecule has 3 N–H and O–H groups in total. The molecule has 0 bridgehead atoms. The average Bonchev–Trinajstić information content (AvgIpc) is 2.34. The summed E-state index contributed by atoms with van der Waals surface area (Å²) >= 11 is 11.6. The molecule has 100 valence electrons. The maximum absolute atomic E-state index is 12.1. The Kier molecular flexibility index (Phi) is 3.89. The molecule has 0 aliphatic carbocycles. The quantitative estimate of drug-likeness (QED) is 0.853. The number of sulfonamides is 1. The highest BCUT2D eigenvalue weighted by atomic mass is 35.5. The third kappa shape index (κ3) is 3.12. The molecule has 0 aliphatic heterocycles. The zero-order chi connectivity index (χ0) is 14.0. The van der Waals surface area contributed by atoms with Crippen molar-refractivity contribution >= 4 is 44.6 Å². The minimum absolute atomic E-state index is 0.00480. The maximum atomic E-state index is 12.1. The van der Waals surface area contributed by atoms with Crippen LogP contribution in [-0.4, -0.2) is 8.42 Å². The molecule has 2 aromatic carbocycles. The first-order chi connectivity index (χ1) is 8.90. The molecule has 0 aliphatic rings. The molecular formula is C12H10Cl2N2O2S. The van der Waals surface area contributed by atoms with Crippen molar-refractivity contribution in [2.45, 2.75) is 4.90 Å². The van der Waals surface area contributed by atoms with Crippen molar-refractivity contribution < 1.29 is 8.42 Å². The zero-order valence-electron chi connectivity index (χ0n) is 9.60. The van der Waals surface area contributed by atoms with E-state index in [1.807, 2.05) is 0 Å². The van der Waals surface area contributed by atoms with Crippen LogP contribution in [0.15, 0.2) is 47.4 Å². The molecule has 0 unspecified atom stereocenters. The molecule has 4 nitrogen and oxygen atoms in total. The number of rotatable bonds is 3. The average molecular weight is 317 g/mol. The van der Waals surface area contributed by atoms with Crippen molar-refractivity contribution in [2.24, 2.45) is 0 Å². The number of hydrogen-bond acceptors (Lipinski definition) is 3. The number of halogens is 2. The number of nitrogens with two attached hydrogens (primary N) is 1. The third-order valence-electron chi connectivity index (χ3n) is 2.37. The van der Waals surface area contributed by atoms with Gasteiger partial charge in [-0.15, -0.1) is 0 Å². The second-order valence-electron chi connectivity index (χ2n) is 3.77. The summed E-state index contributed by atoms with van der Waals surface area (Å²) in [6.45, 7) is 0. The summed E-state index contributed by atoms with van der Waals surface area (Å²) < 4.78 is 26.7. The first-order valence-corrected chi connectivity index (χ1v) is 7.46. The number of benzene rings is 2. The minimum atomic E-state index is -3.75. The van der Waals surface area contributed by atoms with Gasteiger partial charge in [-0.25, -0.2) is 8.42 Å².